The number of ketones is 1. The second-order valence-corrected chi connectivity index (χ2v) is 5.79. The van der Waals surface area contributed by atoms with Gasteiger partial charge in [-0.1, -0.05) is 25.3 Å². The quantitative estimate of drug-likeness (QED) is 0.489. The molecule has 0 unspecified atom stereocenters. The standard InChI is InChI=1S/C17H26N2O/c1-4-10-18-12-17(20)16-11-13(2)19(14(16)3)15-8-6-5-7-9-15/h4,11,15,18H,1,5-10,12H2,2-3H3. The minimum absolute atomic E-state index is 0.182. The van der Waals surface area contributed by atoms with Crippen LogP contribution in [0.2, 0.25) is 0 Å². The third-order valence-corrected chi connectivity index (χ3v) is 4.30. The van der Waals surface area contributed by atoms with Crippen LogP contribution in [0.3, 0.4) is 0 Å². The van der Waals surface area contributed by atoms with Gasteiger partial charge in [-0.25, -0.2) is 0 Å². The molecule has 1 heterocycles. The molecule has 1 aliphatic rings. The summed E-state index contributed by atoms with van der Waals surface area (Å²) in [5, 5.41) is 3.09. The minimum Gasteiger partial charge on any atom is -0.345 e. The molecule has 0 spiro atoms. The van der Waals surface area contributed by atoms with E-state index in [9.17, 15) is 4.79 Å². The molecule has 110 valence electrons. The highest BCUT2D eigenvalue weighted by Gasteiger charge is 2.22. The number of Topliss-reactive ketones (excluding diaryl/α,β-unsaturated/α-hetero) is 1. The van der Waals surface area contributed by atoms with Gasteiger partial charge in [-0.05, 0) is 32.8 Å². The molecule has 1 fully saturated rings. The van der Waals surface area contributed by atoms with Crippen LogP contribution in [0.5, 0.6) is 0 Å². The number of carbonyl (C=O) groups is 1. The molecule has 0 amide bonds. The number of hydrogen-bond acceptors (Lipinski definition) is 2. The summed E-state index contributed by atoms with van der Waals surface area (Å²) in [6, 6.07) is 2.65. The van der Waals surface area contributed by atoms with E-state index in [1.807, 2.05) is 0 Å². The van der Waals surface area contributed by atoms with Gasteiger partial charge in [0.05, 0.1) is 6.54 Å². The first-order chi connectivity index (χ1) is 9.65. The van der Waals surface area contributed by atoms with Crippen LogP contribution >= 0.6 is 0 Å². The summed E-state index contributed by atoms with van der Waals surface area (Å²) >= 11 is 0. The molecule has 1 aliphatic carbocycles. The maximum absolute atomic E-state index is 12.3. The normalized spacial score (nSPS) is 16.3. The Balaban J connectivity index is 2.15. The summed E-state index contributed by atoms with van der Waals surface area (Å²) in [7, 11) is 0. The summed E-state index contributed by atoms with van der Waals surface area (Å²) in [5.74, 6) is 0.182. The summed E-state index contributed by atoms with van der Waals surface area (Å²) in [4.78, 5) is 12.3. The second kappa shape index (κ2) is 6.89. The fourth-order valence-electron chi connectivity index (χ4n) is 3.34. The number of carbonyl (C=O) groups excluding carboxylic acids is 1. The molecular formula is C17H26N2O. The lowest BCUT2D eigenvalue weighted by Gasteiger charge is -2.26. The number of rotatable bonds is 6. The van der Waals surface area contributed by atoms with Crippen LogP contribution in [0.1, 0.15) is 59.9 Å². The molecule has 3 heteroatoms. The van der Waals surface area contributed by atoms with Gasteiger partial charge in [0.15, 0.2) is 5.78 Å². The predicted molar refractivity (Wildman–Crippen MR) is 83.4 cm³/mol. The molecule has 0 atom stereocenters. The molecule has 0 saturated heterocycles. The van der Waals surface area contributed by atoms with Crippen molar-refractivity contribution in [2.75, 3.05) is 13.1 Å². The van der Waals surface area contributed by atoms with E-state index in [0.717, 1.165) is 11.3 Å². The van der Waals surface area contributed by atoms with E-state index in [2.05, 4.69) is 36.4 Å². The van der Waals surface area contributed by atoms with E-state index in [0.29, 0.717) is 19.1 Å². The Kier molecular flexibility index (Phi) is 5.18. The van der Waals surface area contributed by atoms with Gasteiger partial charge in [-0.2, -0.15) is 0 Å². The van der Waals surface area contributed by atoms with Gasteiger partial charge < -0.3 is 9.88 Å². The Morgan fingerprint density at radius 3 is 2.75 bits per heavy atom. The molecule has 0 aromatic carbocycles. The van der Waals surface area contributed by atoms with E-state index in [1.54, 1.807) is 6.08 Å². The second-order valence-electron chi connectivity index (χ2n) is 5.79. The fourth-order valence-corrected chi connectivity index (χ4v) is 3.34. The van der Waals surface area contributed by atoms with Gasteiger partial charge in [0.1, 0.15) is 0 Å². The van der Waals surface area contributed by atoms with Gasteiger partial charge in [0, 0.05) is 29.5 Å². The molecule has 2 rings (SSSR count). The Bertz CT molecular complexity index is 481. The van der Waals surface area contributed by atoms with Crippen molar-refractivity contribution in [3.8, 4) is 0 Å². The molecule has 1 aromatic heterocycles. The van der Waals surface area contributed by atoms with Crippen molar-refractivity contribution in [3.05, 3.63) is 35.7 Å². The van der Waals surface area contributed by atoms with E-state index >= 15 is 0 Å². The zero-order valence-electron chi connectivity index (χ0n) is 12.7. The number of nitrogens with zero attached hydrogens (tertiary/aromatic N) is 1. The maximum Gasteiger partial charge on any atom is 0.178 e. The van der Waals surface area contributed by atoms with Crippen molar-refractivity contribution >= 4 is 5.78 Å². The van der Waals surface area contributed by atoms with Crippen molar-refractivity contribution in [2.24, 2.45) is 0 Å². The van der Waals surface area contributed by atoms with Crippen LogP contribution < -0.4 is 5.32 Å². The average molecular weight is 274 g/mol. The molecular weight excluding hydrogens is 248 g/mol. The van der Waals surface area contributed by atoms with Crippen molar-refractivity contribution in [2.45, 2.75) is 52.0 Å². The number of aryl methyl sites for hydroxylation is 1. The number of aromatic nitrogens is 1. The van der Waals surface area contributed by atoms with Gasteiger partial charge in [-0.15, -0.1) is 6.58 Å². The first-order valence-corrected chi connectivity index (χ1v) is 7.68. The summed E-state index contributed by atoms with van der Waals surface area (Å²) in [5.41, 5.74) is 3.24. The Morgan fingerprint density at radius 1 is 1.40 bits per heavy atom. The average Bonchev–Trinajstić information content (AvgIpc) is 2.75. The topological polar surface area (TPSA) is 34.0 Å². The van der Waals surface area contributed by atoms with Gasteiger partial charge in [0.2, 0.25) is 0 Å². The molecule has 1 N–H and O–H groups in total. The SMILES string of the molecule is C=CCNCC(=O)c1cc(C)n(C2CCCCC2)c1C. The van der Waals surface area contributed by atoms with Crippen LogP contribution in [0.15, 0.2) is 18.7 Å². The van der Waals surface area contributed by atoms with Gasteiger partial charge in [-0.3, -0.25) is 4.79 Å². The zero-order valence-corrected chi connectivity index (χ0v) is 12.7. The highest BCUT2D eigenvalue weighted by atomic mass is 16.1. The van der Waals surface area contributed by atoms with Crippen LogP contribution in [0.4, 0.5) is 0 Å². The molecule has 1 saturated carbocycles. The third-order valence-electron chi connectivity index (χ3n) is 4.30. The lowest BCUT2D eigenvalue weighted by atomic mass is 9.95. The van der Waals surface area contributed by atoms with E-state index in [4.69, 9.17) is 0 Å². The molecule has 1 aromatic rings. The summed E-state index contributed by atoms with van der Waals surface area (Å²) < 4.78 is 2.39. The zero-order chi connectivity index (χ0) is 14.5. The first kappa shape index (κ1) is 15.0. The van der Waals surface area contributed by atoms with Crippen molar-refractivity contribution < 1.29 is 4.79 Å². The van der Waals surface area contributed by atoms with Crippen molar-refractivity contribution in [3.63, 3.8) is 0 Å². The molecule has 0 bridgehead atoms. The molecule has 0 radical (unpaired) electrons. The van der Waals surface area contributed by atoms with Crippen LogP contribution in [-0.2, 0) is 0 Å². The van der Waals surface area contributed by atoms with Crippen LogP contribution in [-0.4, -0.2) is 23.4 Å². The first-order valence-electron chi connectivity index (χ1n) is 7.68. The largest absolute Gasteiger partial charge is 0.345 e. The number of nitrogens with one attached hydrogen (secondary N) is 1. The molecule has 3 nitrogen and oxygen atoms in total. The monoisotopic (exact) mass is 274 g/mol. The van der Waals surface area contributed by atoms with E-state index < -0.39 is 0 Å². The van der Waals surface area contributed by atoms with Gasteiger partial charge in [0.25, 0.3) is 0 Å². The van der Waals surface area contributed by atoms with Crippen molar-refractivity contribution in [1.29, 1.82) is 0 Å². The Hall–Kier alpha value is -1.35. The molecule has 0 aliphatic heterocycles. The minimum atomic E-state index is 0.182. The van der Waals surface area contributed by atoms with Gasteiger partial charge >= 0.3 is 0 Å². The highest BCUT2D eigenvalue weighted by Crippen LogP contribution is 2.32. The third kappa shape index (κ3) is 3.21. The van der Waals surface area contributed by atoms with Crippen LogP contribution in [0, 0.1) is 13.8 Å². The Morgan fingerprint density at radius 2 is 2.10 bits per heavy atom. The number of hydrogen-bond donors (Lipinski definition) is 1. The summed E-state index contributed by atoms with van der Waals surface area (Å²) in [6.07, 6.45) is 8.25. The van der Waals surface area contributed by atoms with E-state index in [-0.39, 0.29) is 5.78 Å². The smallest absolute Gasteiger partial charge is 0.178 e. The highest BCUT2D eigenvalue weighted by molar-refractivity contribution is 5.99. The fraction of sp³-hybridized carbons (Fsp3) is 0.588. The molecule has 20 heavy (non-hydrogen) atoms. The lowest BCUT2D eigenvalue weighted by Crippen LogP contribution is -2.23. The van der Waals surface area contributed by atoms with Crippen molar-refractivity contribution in [1.82, 2.24) is 9.88 Å². The maximum atomic E-state index is 12.3. The Labute approximate surface area is 122 Å². The predicted octanol–water partition coefficient (Wildman–Crippen LogP) is 3.57. The lowest BCUT2D eigenvalue weighted by molar-refractivity contribution is 0.0991. The van der Waals surface area contributed by atoms with E-state index in [1.165, 1.54) is 37.8 Å². The van der Waals surface area contributed by atoms with Crippen LogP contribution in [0.25, 0.3) is 0 Å². The summed E-state index contributed by atoms with van der Waals surface area (Å²) in [6.45, 7) is 8.92.